The van der Waals surface area contributed by atoms with E-state index in [9.17, 15) is 17.8 Å². The molecule has 3 rings (SSSR count). The Hall–Kier alpha value is -3.39. The number of azide groups is 1. The van der Waals surface area contributed by atoms with Gasteiger partial charge in [-0.05, 0) is 24.1 Å². The second-order valence-corrected chi connectivity index (χ2v) is 7.71. The third kappa shape index (κ3) is 4.91. The topological polar surface area (TPSA) is 132 Å². The van der Waals surface area contributed by atoms with Gasteiger partial charge >= 0.3 is 0 Å². The van der Waals surface area contributed by atoms with Crippen LogP contribution in [-0.4, -0.2) is 25.3 Å². The van der Waals surface area contributed by atoms with Crippen molar-refractivity contribution in [3.63, 3.8) is 0 Å². The second-order valence-electron chi connectivity index (χ2n) is 6.32. The Labute approximate surface area is 167 Å². The quantitative estimate of drug-likeness (QED) is 0.133. The number of ketones is 1. The number of nitrogens with zero attached hydrogens (tertiary/aromatic N) is 3. The highest BCUT2D eigenvalue weighted by Crippen LogP contribution is 2.28. The summed E-state index contributed by atoms with van der Waals surface area (Å²) in [6.07, 6.45) is 0.903. The minimum atomic E-state index is -4.32. The maximum absolute atomic E-state index is 12.3. The fraction of sp³-hybridized carbons (Fsp3) is 0.150. The van der Waals surface area contributed by atoms with E-state index in [-0.39, 0.29) is 10.7 Å². The van der Waals surface area contributed by atoms with Gasteiger partial charge in [0.1, 0.15) is 4.90 Å². The molecule has 0 aliphatic carbocycles. The lowest BCUT2D eigenvalue weighted by Crippen LogP contribution is -2.06. The molecule has 3 aromatic carbocycles. The summed E-state index contributed by atoms with van der Waals surface area (Å²) in [4.78, 5) is 14.8. The minimum Gasteiger partial charge on any atom is -0.385 e. The molecule has 29 heavy (non-hydrogen) atoms. The van der Waals surface area contributed by atoms with Crippen LogP contribution in [0.1, 0.15) is 23.2 Å². The van der Waals surface area contributed by atoms with Gasteiger partial charge in [0.2, 0.25) is 0 Å². The molecule has 148 valence electrons. The maximum Gasteiger partial charge on any atom is 0.295 e. The Balaban J connectivity index is 1.64. The number of carbonyl (C=O) groups excluding carboxylic acids is 1. The van der Waals surface area contributed by atoms with E-state index < -0.39 is 10.1 Å². The molecule has 9 heteroatoms. The zero-order valence-corrected chi connectivity index (χ0v) is 16.1. The molecule has 0 unspecified atom stereocenters. The van der Waals surface area contributed by atoms with Gasteiger partial charge in [-0.25, -0.2) is 0 Å². The van der Waals surface area contributed by atoms with E-state index in [0.717, 1.165) is 5.69 Å². The highest BCUT2D eigenvalue weighted by atomic mass is 32.2. The molecule has 0 aromatic heterocycles. The molecule has 0 radical (unpaired) electrons. The fourth-order valence-electron chi connectivity index (χ4n) is 3.04. The van der Waals surface area contributed by atoms with Crippen molar-refractivity contribution in [2.24, 2.45) is 5.11 Å². The average Bonchev–Trinajstić information content (AvgIpc) is 2.70. The molecule has 0 saturated heterocycles. The number of rotatable bonds is 8. The first-order valence-corrected chi connectivity index (χ1v) is 10.3. The Morgan fingerprint density at radius 2 is 1.72 bits per heavy atom. The van der Waals surface area contributed by atoms with E-state index in [1.54, 1.807) is 48.5 Å². The number of benzene rings is 3. The maximum atomic E-state index is 12.3. The molecule has 0 heterocycles. The number of hydrogen-bond donors (Lipinski definition) is 2. The normalized spacial score (nSPS) is 11.1. The molecule has 0 amide bonds. The van der Waals surface area contributed by atoms with Crippen LogP contribution in [0.25, 0.3) is 21.2 Å². The summed E-state index contributed by atoms with van der Waals surface area (Å²) >= 11 is 0. The first-order chi connectivity index (χ1) is 13.9. The smallest absolute Gasteiger partial charge is 0.295 e. The van der Waals surface area contributed by atoms with Gasteiger partial charge in [0, 0.05) is 45.6 Å². The van der Waals surface area contributed by atoms with Crippen molar-refractivity contribution in [2.45, 2.75) is 17.7 Å². The van der Waals surface area contributed by atoms with E-state index in [0.29, 0.717) is 41.4 Å². The summed E-state index contributed by atoms with van der Waals surface area (Å²) in [5.41, 5.74) is 10.1. The number of fused-ring (bicyclic) bond motifs is 1. The number of anilines is 1. The van der Waals surface area contributed by atoms with Gasteiger partial charge in [-0.2, -0.15) is 8.42 Å². The number of carbonyl (C=O) groups is 1. The Morgan fingerprint density at radius 1 is 1.03 bits per heavy atom. The lowest BCUT2D eigenvalue weighted by Gasteiger charge is -2.11. The van der Waals surface area contributed by atoms with Gasteiger partial charge in [-0.1, -0.05) is 53.6 Å². The third-order valence-electron chi connectivity index (χ3n) is 4.41. The van der Waals surface area contributed by atoms with E-state index in [1.807, 2.05) is 6.07 Å². The van der Waals surface area contributed by atoms with Gasteiger partial charge in [0.25, 0.3) is 10.1 Å². The van der Waals surface area contributed by atoms with Gasteiger partial charge in [-0.15, -0.1) is 0 Å². The van der Waals surface area contributed by atoms with Crippen molar-refractivity contribution in [3.8, 4) is 0 Å². The van der Waals surface area contributed by atoms with Crippen LogP contribution in [0.2, 0.25) is 0 Å². The van der Waals surface area contributed by atoms with Crippen molar-refractivity contribution >= 4 is 38.0 Å². The molecular weight excluding hydrogens is 392 g/mol. The third-order valence-corrected chi connectivity index (χ3v) is 5.32. The van der Waals surface area contributed by atoms with E-state index >= 15 is 0 Å². The van der Waals surface area contributed by atoms with Crippen LogP contribution in [0.3, 0.4) is 0 Å². The van der Waals surface area contributed by atoms with Crippen LogP contribution >= 0.6 is 0 Å². The van der Waals surface area contributed by atoms with Crippen molar-refractivity contribution in [1.29, 1.82) is 0 Å². The molecule has 2 N–H and O–H groups in total. The molecular formula is C20H18N4O4S. The van der Waals surface area contributed by atoms with E-state index in [2.05, 4.69) is 15.3 Å². The van der Waals surface area contributed by atoms with E-state index in [4.69, 9.17) is 5.53 Å². The summed E-state index contributed by atoms with van der Waals surface area (Å²) in [7, 11) is -4.32. The molecule has 0 spiro atoms. The van der Waals surface area contributed by atoms with Crippen LogP contribution in [0, 0.1) is 0 Å². The monoisotopic (exact) mass is 410 g/mol. The first-order valence-electron chi connectivity index (χ1n) is 8.81. The van der Waals surface area contributed by atoms with Crippen LogP contribution in [0.5, 0.6) is 0 Å². The molecule has 0 saturated carbocycles. The van der Waals surface area contributed by atoms with Gasteiger partial charge < -0.3 is 5.32 Å². The van der Waals surface area contributed by atoms with Crippen molar-refractivity contribution in [1.82, 2.24) is 0 Å². The second kappa shape index (κ2) is 8.74. The Bertz CT molecular complexity index is 1200. The van der Waals surface area contributed by atoms with Crippen LogP contribution < -0.4 is 5.32 Å². The highest BCUT2D eigenvalue weighted by molar-refractivity contribution is 7.86. The summed E-state index contributed by atoms with van der Waals surface area (Å²) in [5.74, 6) is -0.0223. The number of hydrogen-bond acceptors (Lipinski definition) is 5. The summed E-state index contributed by atoms with van der Waals surface area (Å²) in [5, 5.41) is 7.78. The van der Waals surface area contributed by atoms with E-state index in [1.165, 1.54) is 6.07 Å². The van der Waals surface area contributed by atoms with Crippen molar-refractivity contribution in [3.05, 3.63) is 76.7 Å². The van der Waals surface area contributed by atoms with Crippen molar-refractivity contribution in [2.75, 3.05) is 11.9 Å². The zero-order chi connectivity index (χ0) is 20.9. The average molecular weight is 410 g/mol. The van der Waals surface area contributed by atoms with Crippen LogP contribution in [0.4, 0.5) is 11.4 Å². The molecule has 0 aliphatic heterocycles. The predicted molar refractivity (Wildman–Crippen MR) is 111 cm³/mol. The van der Waals surface area contributed by atoms with Crippen LogP contribution in [-0.2, 0) is 10.1 Å². The summed E-state index contributed by atoms with van der Waals surface area (Å²) in [6.45, 7) is 0.512. The van der Waals surface area contributed by atoms with Crippen LogP contribution in [0.15, 0.2) is 70.7 Å². The molecule has 0 bridgehead atoms. The fourth-order valence-corrected chi connectivity index (χ4v) is 3.75. The van der Waals surface area contributed by atoms with Gasteiger partial charge in [0.15, 0.2) is 5.78 Å². The predicted octanol–water partition coefficient (Wildman–Crippen LogP) is 5.10. The van der Waals surface area contributed by atoms with Crippen molar-refractivity contribution < 1.29 is 17.8 Å². The van der Waals surface area contributed by atoms with Gasteiger partial charge in [-0.3, -0.25) is 9.35 Å². The first kappa shape index (κ1) is 20.3. The molecule has 0 fully saturated rings. The number of nitrogens with one attached hydrogen (secondary N) is 1. The van der Waals surface area contributed by atoms with Gasteiger partial charge in [0.05, 0.1) is 0 Å². The lowest BCUT2D eigenvalue weighted by atomic mass is 10.1. The molecule has 0 atom stereocenters. The minimum absolute atomic E-state index is 0.0223. The highest BCUT2D eigenvalue weighted by Gasteiger charge is 2.14. The number of Topliss-reactive ketones (excluding diaryl/α,β-unsaturated/α-hetero) is 1. The molecule has 0 aliphatic rings. The summed E-state index contributed by atoms with van der Waals surface area (Å²) < 4.78 is 32.5. The Morgan fingerprint density at radius 3 is 2.41 bits per heavy atom. The summed E-state index contributed by atoms with van der Waals surface area (Å²) in [6, 6.07) is 16.3. The molecule has 3 aromatic rings. The Kier molecular flexibility index (Phi) is 6.13. The zero-order valence-electron chi connectivity index (χ0n) is 15.3. The lowest BCUT2D eigenvalue weighted by molar-refractivity contribution is 0.0981. The SMILES string of the molecule is [N-]=[N+]=Nc1ccc(C(=O)CCCNc2cccc3c(S(=O)(=O)O)cccc23)cc1. The molecule has 8 nitrogen and oxygen atoms in total. The standard InChI is InChI=1S/C20H18N4O4S/c21-24-23-15-11-9-14(10-12-15)19(25)7-3-13-22-18-6-1-5-17-16(18)4-2-8-20(17)29(26,27)28/h1-2,4-6,8-12,22H,3,7,13H2,(H,26,27,28). The largest absolute Gasteiger partial charge is 0.385 e.